The lowest BCUT2D eigenvalue weighted by Gasteiger charge is -2.25. The number of benzene rings is 2. The molecular weight excluding hydrogens is 424 g/mol. The monoisotopic (exact) mass is 444 g/mol. The summed E-state index contributed by atoms with van der Waals surface area (Å²) in [5.41, 5.74) is 10.8. The van der Waals surface area contributed by atoms with Crippen LogP contribution in [0.5, 0.6) is 0 Å². The molecule has 2 aromatic carbocycles. The van der Waals surface area contributed by atoms with E-state index < -0.39 is 0 Å². The number of halogens is 1. The summed E-state index contributed by atoms with van der Waals surface area (Å²) < 4.78 is 3.94. The second kappa shape index (κ2) is 7.42. The Labute approximate surface area is 189 Å². The fourth-order valence-electron chi connectivity index (χ4n) is 3.83. The summed E-state index contributed by atoms with van der Waals surface area (Å²) in [5, 5.41) is 4.93. The first kappa shape index (κ1) is 20.1. The summed E-state index contributed by atoms with van der Waals surface area (Å²) >= 11 is 6.41. The van der Waals surface area contributed by atoms with Crippen molar-refractivity contribution in [2.24, 2.45) is 0 Å². The maximum absolute atomic E-state index is 6.41. The Morgan fingerprint density at radius 1 is 0.969 bits per heavy atom. The number of fused-ring (bicyclic) bond motifs is 1. The minimum Gasteiger partial charge on any atom is -0.368 e. The van der Waals surface area contributed by atoms with Crippen LogP contribution >= 0.6 is 11.6 Å². The summed E-state index contributed by atoms with van der Waals surface area (Å²) in [6.45, 7) is 6.46. The standard InChI is InChI=1S/C23H21ClN8/c1-23(2,3)32-20-6-4-14(15-10-27-22(25)28-11-15)8-18(20)30-21(32)17-9-16(24)5-7-19(17)31-13-26-12-29-31/h4-13H,1-3H3,(H2,25,27,28). The summed E-state index contributed by atoms with van der Waals surface area (Å²) in [6, 6.07) is 11.8. The molecule has 160 valence electrons. The van der Waals surface area contributed by atoms with Crippen LogP contribution in [0.4, 0.5) is 5.95 Å². The molecule has 32 heavy (non-hydrogen) atoms. The molecule has 0 spiro atoms. The van der Waals surface area contributed by atoms with E-state index in [1.807, 2.05) is 30.3 Å². The molecule has 5 rings (SSSR count). The first-order valence-corrected chi connectivity index (χ1v) is 10.4. The van der Waals surface area contributed by atoms with E-state index in [0.29, 0.717) is 5.02 Å². The van der Waals surface area contributed by atoms with E-state index in [2.05, 4.69) is 51.5 Å². The SMILES string of the molecule is CC(C)(C)n1c(-c2cc(Cl)ccc2-n2cncn2)nc2cc(-c3cnc(N)nc3)ccc21. The number of nitrogen functional groups attached to an aromatic ring is 1. The Bertz CT molecular complexity index is 1410. The summed E-state index contributed by atoms with van der Waals surface area (Å²) in [5.74, 6) is 1.04. The van der Waals surface area contributed by atoms with E-state index in [4.69, 9.17) is 22.3 Å². The largest absolute Gasteiger partial charge is 0.368 e. The van der Waals surface area contributed by atoms with E-state index in [1.54, 1.807) is 23.4 Å². The number of aromatic nitrogens is 7. The molecule has 0 aliphatic rings. The van der Waals surface area contributed by atoms with Gasteiger partial charge in [0.15, 0.2) is 0 Å². The number of hydrogen-bond acceptors (Lipinski definition) is 6. The van der Waals surface area contributed by atoms with Crippen LogP contribution in [0, 0.1) is 0 Å². The van der Waals surface area contributed by atoms with Gasteiger partial charge in [-0.25, -0.2) is 24.6 Å². The van der Waals surface area contributed by atoms with Crippen LogP contribution in [0.2, 0.25) is 5.02 Å². The van der Waals surface area contributed by atoms with Gasteiger partial charge in [0.2, 0.25) is 5.95 Å². The van der Waals surface area contributed by atoms with Crippen LogP contribution in [0.25, 0.3) is 39.2 Å². The molecule has 0 aliphatic heterocycles. The van der Waals surface area contributed by atoms with E-state index in [0.717, 1.165) is 39.2 Å². The van der Waals surface area contributed by atoms with Crippen LogP contribution in [0.3, 0.4) is 0 Å². The maximum atomic E-state index is 6.41. The van der Waals surface area contributed by atoms with Gasteiger partial charge in [0.25, 0.3) is 0 Å². The summed E-state index contributed by atoms with van der Waals surface area (Å²) in [7, 11) is 0. The third-order valence-corrected chi connectivity index (χ3v) is 5.43. The average Bonchev–Trinajstić information content (AvgIpc) is 3.41. The van der Waals surface area contributed by atoms with Crippen molar-refractivity contribution in [3.63, 3.8) is 0 Å². The molecule has 0 saturated carbocycles. The molecule has 2 N–H and O–H groups in total. The highest BCUT2D eigenvalue weighted by atomic mass is 35.5. The van der Waals surface area contributed by atoms with Gasteiger partial charge in [-0.2, -0.15) is 5.10 Å². The van der Waals surface area contributed by atoms with Crippen molar-refractivity contribution < 1.29 is 0 Å². The highest BCUT2D eigenvalue weighted by molar-refractivity contribution is 6.31. The van der Waals surface area contributed by atoms with Crippen molar-refractivity contribution in [1.29, 1.82) is 0 Å². The minimum absolute atomic E-state index is 0.238. The van der Waals surface area contributed by atoms with Gasteiger partial charge in [-0.15, -0.1) is 0 Å². The molecular formula is C23H21ClN8. The van der Waals surface area contributed by atoms with E-state index in [9.17, 15) is 0 Å². The predicted molar refractivity (Wildman–Crippen MR) is 126 cm³/mol. The molecule has 0 saturated heterocycles. The van der Waals surface area contributed by atoms with E-state index in [-0.39, 0.29) is 11.5 Å². The zero-order chi connectivity index (χ0) is 22.5. The zero-order valence-electron chi connectivity index (χ0n) is 17.9. The molecule has 5 aromatic rings. The number of imidazole rings is 1. The van der Waals surface area contributed by atoms with Gasteiger partial charge in [0.05, 0.1) is 16.7 Å². The van der Waals surface area contributed by atoms with Crippen molar-refractivity contribution in [2.45, 2.75) is 26.3 Å². The molecule has 0 aliphatic carbocycles. The first-order chi connectivity index (χ1) is 15.3. The van der Waals surface area contributed by atoms with Crippen LogP contribution in [-0.2, 0) is 5.54 Å². The molecule has 0 amide bonds. The van der Waals surface area contributed by atoms with Gasteiger partial charge in [0, 0.05) is 34.1 Å². The molecule has 0 radical (unpaired) electrons. The lowest BCUT2D eigenvalue weighted by atomic mass is 10.1. The number of nitrogens with zero attached hydrogens (tertiary/aromatic N) is 7. The third-order valence-electron chi connectivity index (χ3n) is 5.20. The molecule has 0 fully saturated rings. The second-order valence-corrected chi connectivity index (χ2v) is 8.91. The molecule has 9 heteroatoms. The lowest BCUT2D eigenvalue weighted by Crippen LogP contribution is -2.23. The van der Waals surface area contributed by atoms with Gasteiger partial charge in [0.1, 0.15) is 18.5 Å². The normalized spacial score (nSPS) is 11.9. The van der Waals surface area contributed by atoms with Crippen LogP contribution in [-0.4, -0.2) is 34.3 Å². The summed E-state index contributed by atoms with van der Waals surface area (Å²) in [4.78, 5) is 17.3. The fourth-order valence-corrected chi connectivity index (χ4v) is 4.00. The van der Waals surface area contributed by atoms with Gasteiger partial charge in [-0.3, -0.25) is 0 Å². The molecule has 0 unspecified atom stereocenters. The lowest BCUT2D eigenvalue weighted by molar-refractivity contribution is 0.413. The first-order valence-electron chi connectivity index (χ1n) is 10.1. The maximum Gasteiger partial charge on any atom is 0.219 e. The van der Waals surface area contributed by atoms with E-state index in [1.165, 1.54) is 6.33 Å². The fraction of sp³-hybridized carbons (Fsp3) is 0.174. The average molecular weight is 445 g/mol. The number of anilines is 1. The number of nitrogens with two attached hydrogens (primary N) is 1. The molecule has 3 heterocycles. The van der Waals surface area contributed by atoms with Crippen molar-refractivity contribution >= 4 is 28.6 Å². The topological polar surface area (TPSA) is 100 Å². The number of hydrogen-bond donors (Lipinski definition) is 1. The Morgan fingerprint density at radius 2 is 1.75 bits per heavy atom. The Kier molecular flexibility index (Phi) is 4.67. The minimum atomic E-state index is -0.238. The Morgan fingerprint density at radius 3 is 2.44 bits per heavy atom. The molecule has 0 bridgehead atoms. The van der Waals surface area contributed by atoms with E-state index >= 15 is 0 Å². The predicted octanol–water partition coefficient (Wildman–Crippen LogP) is 4.73. The van der Waals surface area contributed by atoms with Crippen LogP contribution in [0.1, 0.15) is 20.8 Å². The Hall–Kier alpha value is -3.78. The van der Waals surface area contributed by atoms with Crippen LogP contribution < -0.4 is 5.73 Å². The zero-order valence-corrected chi connectivity index (χ0v) is 18.6. The molecule has 8 nitrogen and oxygen atoms in total. The highest BCUT2D eigenvalue weighted by Gasteiger charge is 2.25. The second-order valence-electron chi connectivity index (χ2n) is 8.48. The van der Waals surface area contributed by atoms with Gasteiger partial charge in [-0.05, 0) is 56.7 Å². The number of rotatable bonds is 3. The summed E-state index contributed by atoms with van der Waals surface area (Å²) in [6.07, 6.45) is 6.60. The van der Waals surface area contributed by atoms with Crippen molar-refractivity contribution in [1.82, 2.24) is 34.3 Å². The molecule has 0 atom stereocenters. The van der Waals surface area contributed by atoms with Crippen molar-refractivity contribution in [3.8, 4) is 28.2 Å². The third kappa shape index (κ3) is 3.48. The smallest absolute Gasteiger partial charge is 0.219 e. The van der Waals surface area contributed by atoms with Crippen molar-refractivity contribution in [2.75, 3.05) is 5.73 Å². The van der Waals surface area contributed by atoms with Gasteiger partial charge < -0.3 is 10.3 Å². The van der Waals surface area contributed by atoms with Gasteiger partial charge >= 0.3 is 0 Å². The van der Waals surface area contributed by atoms with Crippen molar-refractivity contribution in [3.05, 3.63) is 66.5 Å². The van der Waals surface area contributed by atoms with Crippen LogP contribution in [0.15, 0.2) is 61.4 Å². The Balaban J connectivity index is 1.77. The quantitative estimate of drug-likeness (QED) is 0.431. The molecule has 3 aromatic heterocycles. The van der Waals surface area contributed by atoms with Gasteiger partial charge in [-0.1, -0.05) is 17.7 Å². The highest BCUT2D eigenvalue weighted by Crippen LogP contribution is 2.36.